The van der Waals surface area contributed by atoms with Crippen LogP contribution in [0.2, 0.25) is 0 Å². The monoisotopic (exact) mass is 395 g/mol. The van der Waals surface area contributed by atoms with Gasteiger partial charge in [-0.3, -0.25) is 14.4 Å². The Labute approximate surface area is 162 Å². The first-order chi connectivity index (χ1) is 13.8. The Bertz CT molecular complexity index is 1240. The number of fused-ring (bicyclic) bond motifs is 2. The molecule has 0 unspecified atom stereocenters. The fourth-order valence-electron chi connectivity index (χ4n) is 3.19. The van der Waals surface area contributed by atoms with Gasteiger partial charge in [-0.1, -0.05) is 12.1 Å². The van der Waals surface area contributed by atoms with Crippen molar-refractivity contribution in [3.8, 4) is 11.5 Å². The van der Waals surface area contributed by atoms with E-state index in [9.17, 15) is 33.4 Å². The lowest BCUT2D eigenvalue weighted by molar-refractivity contribution is 0.0972. The van der Waals surface area contributed by atoms with Crippen molar-refractivity contribution in [2.24, 2.45) is 0 Å². The van der Waals surface area contributed by atoms with Crippen LogP contribution in [0.3, 0.4) is 0 Å². The van der Waals surface area contributed by atoms with Gasteiger partial charge in [-0.05, 0) is 30.3 Å². The van der Waals surface area contributed by atoms with Gasteiger partial charge < -0.3 is 15.5 Å². The van der Waals surface area contributed by atoms with Crippen LogP contribution in [-0.2, 0) is 0 Å². The molecule has 0 atom stereocenters. The van der Waals surface area contributed by atoms with Crippen molar-refractivity contribution >= 4 is 23.2 Å². The number of carbonyl (C=O) groups excluding carboxylic acids is 3. The second-order valence-electron chi connectivity index (χ2n) is 6.36. The molecular weight excluding hydrogens is 384 g/mol. The van der Waals surface area contributed by atoms with E-state index in [-0.39, 0.29) is 33.5 Å². The number of rotatable bonds is 2. The van der Waals surface area contributed by atoms with Gasteiger partial charge in [0.15, 0.2) is 17.4 Å². The Balaban J connectivity index is 1.76. The maximum absolute atomic E-state index is 13.3. The number of aromatic hydroxyl groups is 2. The number of phenolic OH excluding ortho intramolecular Hbond substituents is 2. The fourth-order valence-corrected chi connectivity index (χ4v) is 3.19. The molecule has 4 rings (SSSR count). The number of phenols is 2. The Morgan fingerprint density at radius 3 is 2.24 bits per heavy atom. The van der Waals surface area contributed by atoms with E-state index in [0.29, 0.717) is 0 Å². The molecule has 0 aromatic heterocycles. The van der Waals surface area contributed by atoms with Crippen LogP contribution in [0.25, 0.3) is 0 Å². The van der Waals surface area contributed by atoms with Gasteiger partial charge in [0.2, 0.25) is 5.78 Å². The van der Waals surface area contributed by atoms with Crippen LogP contribution in [0, 0.1) is 11.6 Å². The normalized spacial score (nSPS) is 12.3. The summed E-state index contributed by atoms with van der Waals surface area (Å²) in [4.78, 5) is 37.9. The maximum atomic E-state index is 13.3. The summed E-state index contributed by atoms with van der Waals surface area (Å²) in [5.41, 5.74) is -1.02. The molecule has 0 radical (unpaired) electrons. The second kappa shape index (κ2) is 6.52. The zero-order valence-corrected chi connectivity index (χ0v) is 14.5. The summed E-state index contributed by atoms with van der Waals surface area (Å²) in [7, 11) is 0. The van der Waals surface area contributed by atoms with E-state index in [1.807, 2.05) is 0 Å². The zero-order chi connectivity index (χ0) is 20.9. The summed E-state index contributed by atoms with van der Waals surface area (Å²) >= 11 is 0. The fraction of sp³-hybridized carbons (Fsp3) is 0. The molecule has 0 spiro atoms. The Morgan fingerprint density at radius 2 is 1.52 bits per heavy atom. The molecule has 8 heteroatoms. The van der Waals surface area contributed by atoms with Gasteiger partial charge in [0.1, 0.15) is 11.5 Å². The maximum Gasteiger partial charge on any atom is 0.255 e. The molecule has 29 heavy (non-hydrogen) atoms. The van der Waals surface area contributed by atoms with Crippen molar-refractivity contribution in [1.82, 2.24) is 0 Å². The summed E-state index contributed by atoms with van der Waals surface area (Å²) in [6.45, 7) is 0. The number of carbonyl (C=O) groups is 3. The highest BCUT2D eigenvalue weighted by atomic mass is 19.2. The van der Waals surface area contributed by atoms with Crippen LogP contribution in [-0.4, -0.2) is 27.7 Å². The summed E-state index contributed by atoms with van der Waals surface area (Å²) < 4.78 is 26.3. The van der Waals surface area contributed by atoms with Crippen molar-refractivity contribution in [3.05, 3.63) is 88.0 Å². The van der Waals surface area contributed by atoms with E-state index in [1.54, 1.807) is 0 Å². The van der Waals surface area contributed by atoms with Gasteiger partial charge in [0, 0.05) is 28.4 Å². The summed E-state index contributed by atoms with van der Waals surface area (Å²) in [5, 5.41) is 22.5. The lowest BCUT2D eigenvalue weighted by atomic mass is 9.82. The van der Waals surface area contributed by atoms with Gasteiger partial charge in [-0.25, -0.2) is 8.78 Å². The first-order valence-electron chi connectivity index (χ1n) is 8.32. The van der Waals surface area contributed by atoms with Crippen molar-refractivity contribution in [2.45, 2.75) is 0 Å². The topological polar surface area (TPSA) is 104 Å². The van der Waals surface area contributed by atoms with Crippen molar-refractivity contribution < 1.29 is 33.4 Å². The minimum atomic E-state index is -1.16. The van der Waals surface area contributed by atoms with Crippen LogP contribution in [0.5, 0.6) is 11.5 Å². The third kappa shape index (κ3) is 2.91. The van der Waals surface area contributed by atoms with E-state index >= 15 is 0 Å². The van der Waals surface area contributed by atoms with E-state index < -0.39 is 40.6 Å². The number of anilines is 1. The van der Waals surface area contributed by atoms with Crippen LogP contribution in [0.1, 0.15) is 42.2 Å². The molecule has 1 amide bonds. The first-order valence-corrected chi connectivity index (χ1v) is 8.32. The molecule has 144 valence electrons. The average molecular weight is 395 g/mol. The largest absolute Gasteiger partial charge is 0.507 e. The number of ketones is 2. The molecule has 0 saturated heterocycles. The second-order valence-corrected chi connectivity index (χ2v) is 6.36. The van der Waals surface area contributed by atoms with Crippen LogP contribution in [0.15, 0.2) is 48.5 Å². The minimum absolute atomic E-state index is 0.0382. The number of benzene rings is 3. The smallest absolute Gasteiger partial charge is 0.255 e. The third-order valence-corrected chi connectivity index (χ3v) is 4.54. The lowest BCUT2D eigenvalue weighted by Crippen LogP contribution is -2.22. The minimum Gasteiger partial charge on any atom is -0.507 e. The zero-order valence-electron chi connectivity index (χ0n) is 14.5. The summed E-state index contributed by atoms with van der Waals surface area (Å²) in [6, 6.07) is 8.84. The Hall–Kier alpha value is -4.07. The van der Waals surface area contributed by atoms with Gasteiger partial charge in [0.25, 0.3) is 5.91 Å². The molecule has 1 aliphatic rings. The van der Waals surface area contributed by atoms with E-state index in [0.717, 1.165) is 30.3 Å². The van der Waals surface area contributed by atoms with Gasteiger partial charge >= 0.3 is 0 Å². The van der Waals surface area contributed by atoms with Crippen molar-refractivity contribution in [3.63, 3.8) is 0 Å². The summed E-state index contributed by atoms with van der Waals surface area (Å²) in [6.07, 6.45) is 0. The van der Waals surface area contributed by atoms with Crippen LogP contribution in [0.4, 0.5) is 14.5 Å². The SMILES string of the molecule is O=C(Nc1ccc(F)c(F)c1)c1cc(O)c2c(c1)C(=O)c1cccc(O)c1C2=O. The quantitative estimate of drug-likeness (QED) is 0.483. The molecule has 1 aliphatic carbocycles. The number of amides is 1. The highest BCUT2D eigenvalue weighted by Gasteiger charge is 2.35. The molecule has 0 fully saturated rings. The lowest BCUT2D eigenvalue weighted by Gasteiger charge is -2.20. The number of nitrogens with one attached hydrogen (secondary N) is 1. The molecule has 3 aromatic carbocycles. The van der Waals surface area contributed by atoms with Crippen LogP contribution >= 0.6 is 0 Å². The van der Waals surface area contributed by atoms with Crippen LogP contribution < -0.4 is 5.32 Å². The molecule has 6 nitrogen and oxygen atoms in total. The summed E-state index contributed by atoms with van der Waals surface area (Å²) in [5.74, 6) is -5.47. The molecule has 0 heterocycles. The van der Waals surface area contributed by atoms with E-state index in [1.165, 1.54) is 18.2 Å². The number of hydrogen-bond donors (Lipinski definition) is 3. The van der Waals surface area contributed by atoms with Gasteiger partial charge in [-0.2, -0.15) is 0 Å². The van der Waals surface area contributed by atoms with Crippen molar-refractivity contribution in [2.75, 3.05) is 5.32 Å². The predicted molar refractivity (Wildman–Crippen MR) is 97.4 cm³/mol. The first kappa shape index (κ1) is 18.3. The highest BCUT2D eigenvalue weighted by molar-refractivity contribution is 6.30. The molecular formula is C21H11F2NO5. The average Bonchev–Trinajstić information content (AvgIpc) is 2.68. The van der Waals surface area contributed by atoms with Crippen molar-refractivity contribution in [1.29, 1.82) is 0 Å². The van der Waals surface area contributed by atoms with E-state index in [2.05, 4.69) is 5.32 Å². The number of halogens is 2. The molecule has 0 saturated carbocycles. The third-order valence-electron chi connectivity index (χ3n) is 4.54. The molecule has 3 aromatic rings. The van der Waals surface area contributed by atoms with Gasteiger partial charge in [-0.15, -0.1) is 0 Å². The molecule has 0 bridgehead atoms. The van der Waals surface area contributed by atoms with E-state index in [4.69, 9.17) is 0 Å². The molecule has 0 aliphatic heterocycles. The number of hydrogen-bond acceptors (Lipinski definition) is 5. The predicted octanol–water partition coefficient (Wildman–Crippen LogP) is 3.40. The highest BCUT2D eigenvalue weighted by Crippen LogP contribution is 2.37. The Kier molecular flexibility index (Phi) is 4.11. The Morgan fingerprint density at radius 1 is 0.793 bits per heavy atom. The standard InChI is InChI=1S/C21H11F2NO5/c22-13-5-4-10(8-14(13)23)24-21(29)9-6-12-18(16(26)7-9)20(28)17-11(19(12)27)2-1-3-15(17)25/h1-8,25-26H,(H,24,29). The molecule has 3 N–H and O–H groups in total. The van der Waals surface area contributed by atoms with Gasteiger partial charge in [0.05, 0.1) is 11.1 Å².